The lowest BCUT2D eigenvalue weighted by molar-refractivity contribution is -0.140. The summed E-state index contributed by atoms with van der Waals surface area (Å²) >= 11 is 0. The molecule has 1 amide bonds. The van der Waals surface area contributed by atoms with Gasteiger partial charge in [0.05, 0.1) is 6.42 Å². The number of aliphatic carboxylic acids is 1. The smallest absolute Gasteiger partial charge is 0.305 e. The molecule has 0 aromatic heterocycles. The first kappa shape index (κ1) is 9.98. The van der Waals surface area contributed by atoms with E-state index in [1.54, 1.807) is 11.9 Å². The molecule has 0 aromatic rings. The van der Waals surface area contributed by atoms with Crippen LogP contribution >= 0.6 is 0 Å². The number of nitrogens with zero attached hydrogens (tertiary/aromatic N) is 1. The Balaban J connectivity index is 2.61. The number of hydrogen-bond donors (Lipinski definition) is 2. The van der Waals surface area contributed by atoms with Crippen LogP contribution < -0.4 is 5.73 Å². The van der Waals surface area contributed by atoms with Gasteiger partial charge in [-0.3, -0.25) is 9.59 Å². The zero-order valence-electron chi connectivity index (χ0n) is 7.62. The standard InChI is InChI=1S/C8H14N2O3/c1-10-3-2-8(9,4-6(10)11)5-7(12)13/h2-5,9H2,1H3,(H,12,13). The average molecular weight is 186 g/mol. The summed E-state index contributed by atoms with van der Waals surface area (Å²) < 4.78 is 0. The SMILES string of the molecule is CN1CCC(N)(CC(=O)O)CC1=O. The molecule has 1 heterocycles. The molecule has 0 saturated carbocycles. The van der Waals surface area contributed by atoms with E-state index in [4.69, 9.17) is 10.8 Å². The minimum Gasteiger partial charge on any atom is -0.481 e. The Hall–Kier alpha value is -1.10. The molecule has 1 aliphatic heterocycles. The predicted octanol–water partition coefficient (Wildman–Crippen LogP) is -0.589. The maximum Gasteiger partial charge on any atom is 0.305 e. The van der Waals surface area contributed by atoms with E-state index in [0.29, 0.717) is 13.0 Å². The minimum atomic E-state index is -0.945. The van der Waals surface area contributed by atoms with Crippen LogP contribution in [-0.4, -0.2) is 41.0 Å². The fourth-order valence-corrected chi connectivity index (χ4v) is 1.49. The predicted molar refractivity (Wildman–Crippen MR) is 46.0 cm³/mol. The lowest BCUT2D eigenvalue weighted by Crippen LogP contribution is -2.52. The third kappa shape index (κ3) is 2.42. The molecule has 1 atom stereocenters. The second kappa shape index (κ2) is 3.33. The van der Waals surface area contributed by atoms with E-state index in [9.17, 15) is 9.59 Å². The molecular formula is C8H14N2O3. The highest BCUT2D eigenvalue weighted by molar-refractivity contribution is 5.79. The van der Waals surface area contributed by atoms with E-state index >= 15 is 0 Å². The number of carboxylic acids is 1. The molecule has 1 fully saturated rings. The van der Waals surface area contributed by atoms with Gasteiger partial charge in [-0.05, 0) is 6.42 Å². The van der Waals surface area contributed by atoms with E-state index in [-0.39, 0.29) is 18.7 Å². The first-order valence-corrected chi connectivity index (χ1v) is 4.18. The Kier molecular flexibility index (Phi) is 2.56. The first-order valence-electron chi connectivity index (χ1n) is 4.18. The summed E-state index contributed by atoms with van der Waals surface area (Å²) in [5.41, 5.74) is 4.95. The van der Waals surface area contributed by atoms with Gasteiger partial charge in [0.1, 0.15) is 0 Å². The quantitative estimate of drug-likeness (QED) is 0.603. The summed E-state index contributed by atoms with van der Waals surface area (Å²) in [4.78, 5) is 23.3. The number of carboxylic acid groups (broad SMARTS) is 1. The van der Waals surface area contributed by atoms with E-state index in [1.165, 1.54) is 0 Å². The molecule has 0 radical (unpaired) electrons. The molecule has 13 heavy (non-hydrogen) atoms. The third-order valence-electron chi connectivity index (χ3n) is 2.38. The van der Waals surface area contributed by atoms with Crippen molar-refractivity contribution < 1.29 is 14.7 Å². The highest BCUT2D eigenvalue weighted by Gasteiger charge is 2.36. The summed E-state index contributed by atoms with van der Waals surface area (Å²) in [6, 6.07) is 0. The maximum absolute atomic E-state index is 11.2. The molecule has 3 N–H and O–H groups in total. The van der Waals surface area contributed by atoms with Crippen LogP contribution in [0.2, 0.25) is 0 Å². The fourth-order valence-electron chi connectivity index (χ4n) is 1.49. The number of carbonyl (C=O) groups is 2. The molecule has 1 aliphatic rings. The largest absolute Gasteiger partial charge is 0.481 e. The van der Waals surface area contributed by atoms with Crippen LogP contribution in [0.25, 0.3) is 0 Å². The molecule has 1 saturated heterocycles. The molecule has 0 aromatic carbocycles. The Morgan fingerprint density at radius 1 is 1.77 bits per heavy atom. The molecular weight excluding hydrogens is 172 g/mol. The second-order valence-electron chi connectivity index (χ2n) is 3.67. The van der Waals surface area contributed by atoms with Gasteiger partial charge in [-0.1, -0.05) is 0 Å². The molecule has 1 rings (SSSR count). The fraction of sp³-hybridized carbons (Fsp3) is 0.750. The molecule has 5 heteroatoms. The Morgan fingerprint density at radius 2 is 2.38 bits per heavy atom. The Morgan fingerprint density at radius 3 is 2.85 bits per heavy atom. The Labute approximate surface area is 76.5 Å². The van der Waals surface area contributed by atoms with Gasteiger partial charge in [-0.2, -0.15) is 0 Å². The summed E-state index contributed by atoms with van der Waals surface area (Å²) in [7, 11) is 1.70. The lowest BCUT2D eigenvalue weighted by atomic mass is 9.85. The molecule has 5 nitrogen and oxygen atoms in total. The topological polar surface area (TPSA) is 83.6 Å². The molecule has 0 spiro atoms. The van der Waals surface area contributed by atoms with E-state index in [1.807, 2.05) is 0 Å². The average Bonchev–Trinajstić information content (AvgIpc) is 1.96. The van der Waals surface area contributed by atoms with Crippen molar-refractivity contribution in [3.05, 3.63) is 0 Å². The van der Waals surface area contributed by atoms with Crippen LogP contribution in [0.1, 0.15) is 19.3 Å². The van der Waals surface area contributed by atoms with Crippen LogP contribution in [0.4, 0.5) is 0 Å². The van der Waals surface area contributed by atoms with Gasteiger partial charge in [0.2, 0.25) is 5.91 Å². The van der Waals surface area contributed by atoms with Crippen LogP contribution in [0.5, 0.6) is 0 Å². The number of hydrogen-bond acceptors (Lipinski definition) is 3. The molecule has 74 valence electrons. The zero-order valence-corrected chi connectivity index (χ0v) is 7.62. The van der Waals surface area contributed by atoms with Crippen molar-refractivity contribution in [3.63, 3.8) is 0 Å². The normalized spacial score (nSPS) is 29.1. The van der Waals surface area contributed by atoms with E-state index in [2.05, 4.69) is 0 Å². The van der Waals surface area contributed by atoms with Gasteiger partial charge in [0.25, 0.3) is 0 Å². The highest BCUT2D eigenvalue weighted by Crippen LogP contribution is 2.22. The van der Waals surface area contributed by atoms with Crippen LogP contribution in [-0.2, 0) is 9.59 Å². The first-order chi connectivity index (χ1) is 5.93. The van der Waals surface area contributed by atoms with Gasteiger partial charge in [-0.25, -0.2) is 0 Å². The van der Waals surface area contributed by atoms with Crippen molar-refractivity contribution in [2.24, 2.45) is 5.73 Å². The van der Waals surface area contributed by atoms with Gasteiger partial charge in [0, 0.05) is 25.6 Å². The van der Waals surface area contributed by atoms with Gasteiger partial charge in [0.15, 0.2) is 0 Å². The number of rotatable bonds is 2. The molecule has 1 unspecified atom stereocenters. The zero-order chi connectivity index (χ0) is 10.1. The van der Waals surface area contributed by atoms with Crippen molar-refractivity contribution in [2.75, 3.05) is 13.6 Å². The van der Waals surface area contributed by atoms with Crippen molar-refractivity contribution in [1.82, 2.24) is 4.90 Å². The van der Waals surface area contributed by atoms with Crippen molar-refractivity contribution in [1.29, 1.82) is 0 Å². The van der Waals surface area contributed by atoms with Gasteiger partial charge in [-0.15, -0.1) is 0 Å². The number of carbonyl (C=O) groups excluding carboxylic acids is 1. The van der Waals surface area contributed by atoms with Crippen molar-refractivity contribution in [3.8, 4) is 0 Å². The van der Waals surface area contributed by atoms with E-state index in [0.717, 1.165) is 0 Å². The summed E-state index contributed by atoms with van der Waals surface area (Å²) in [6.45, 7) is 0.544. The number of nitrogens with two attached hydrogens (primary N) is 1. The summed E-state index contributed by atoms with van der Waals surface area (Å²) in [6.07, 6.45) is 0.559. The molecule has 0 aliphatic carbocycles. The highest BCUT2D eigenvalue weighted by atomic mass is 16.4. The van der Waals surface area contributed by atoms with Crippen LogP contribution in [0.15, 0.2) is 0 Å². The van der Waals surface area contributed by atoms with E-state index < -0.39 is 11.5 Å². The van der Waals surface area contributed by atoms with Gasteiger partial charge >= 0.3 is 5.97 Å². The minimum absolute atomic E-state index is 0.0741. The van der Waals surface area contributed by atoms with Crippen molar-refractivity contribution in [2.45, 2.75) is 24.8 Å². The monoisotopic (exact) mass is 186 g/mol. The summed E-state index contributed by atoms with van der Waals surface area (Å²) in [5, 5.41) is 8.58. The maximum atomic E-state index is 11.2. The third-order valence-corrected chi connectivity index (χ3v) is 2.38. The second-order valence-corrected chi connectivity index (χ2v) is 3.67. The number of likely N-dealkylation sites (tertiary alicyclic amines) is 1. The van der Waals surface area contributed by atoms with Crippen LogP contribution in [0.3, 0.4) is 0 Å². The molecule has 0 bridgehead atoms. The van der Waals surface area contributed by atoms with Crippen molar-refractivity contribution >= 4 is 11.9 Å². The number of piperidine rings is 1. The summed E-state index contributed by atoms with van der Waals surface area (Å²) in [5.74, 6) is -1.02. The lowest BCUT2D eigenvalue weighted by Gasteiger charge is -2.35. The Bertz CT molecular complexity index is 242. The van der Waals surface area contributed by atoms with Crippen LogP contribution in [0, 0.1) is 0 Å². The van der Waals surface area contributed by atoms with Gasteiger partial charge < -0.3 is 15.7 Å². The number of amides is 1.